The van der Waals surface area contributed by atoms with Crippen LogP contribution in [0.5, 0.6) is 5.75 Å². The standard InChI is InChI=1S/C18H14ClNO3/c1-10-13-3-2-4-14(19)17(13)23-16(10)18(21)20-12-5-6-15-11(9-12)7-8-22-15/h2-6,9H,7-8H2,1H3,(H,20,21). The third-order valence-corrected chi connectivity index (χ3v) is 4.37. The van der Waals surface area contributed by atoms with Gasteiger partial charge in [0.25, 0.3) is 5.91 Å². The van der Waals surface area contributed by atoms with Gasteiger partial charge < -0.3 is 14.5 Å². The Bertz CT molecular complexity index is 929. The number of hydrogen-bond acceptors (Lipinski definition) is 3. The van der Waals surface area contributed by atoms with Crippen LogP contribution in [-0.2, 0) is 6.42 Å². The third kappa shape index (κ3) is 2.35. The van der Waals surface area contributed by atoms with Gasteiger partial charge in [-0.1, -0.05) is 23.7 Å². The van der Waals surface area contributed by atoms with E-state index >= 15 is 0 Å². The Kier molecular flexibility index (Phi) is 3.27. The quantitative estimate of drug-likeness (QED) is 0.749. The summed E-state index contributed by atoms with van der Waals surface area (Å²) in [4.78, 5) is 12.5. The molecule has 3 aromatic rings. The van der Waals surface area contributed by atoms with E-state index in [1.54, 1.807) is 6.07 Å². The summed E-state index contributed by atoms with van der Waals surface area (Å²) >= 11 is 6.13. The molecule has 0 spiro atoms. The number of carbonyl (C=O) groups excluding carboxylic acids is 1. The summed E-state index contributed by atoms with van der Waals surface area (Å²) in [5.74, 6) is 0.883. The molecule has 116 valence electrons. The van der Waals surface area contributed by atoms with Crippen molar-refractivity contribution >= 4 is 34.2 Å². The number of anilines is 1. The number of nitrogens with one attached hydrogen (secondary N) is 1. The number of hydrogen-bond donors (Lipinski definition) is 1. The molecule has 1 amide bonds. The van der Waals surface area contributed by atoms with E-state index in [4.69, 9.17) is 20.8 Å². The van der Waals surface area contributed by atoms with Crippen molar-refractivity contribution in [2.24, 2.45) is 0 Å². The molecule has 2 aromatic carbocycles. The Morgan fingerprint density at radius 1 is 1.26 bits per heavy atom. The molecule has 1 aliphatic heterocycles. The van der Waals surface area contributed by atoms with Crippen molar-refractivity contribution in [1.29, 1.82) is 0 Å². The van der Waals surface area contributed by atoms with Crippen LogP contribution in [-0.4, -0.2) is 12.5 Å². The highest BCUT2D eigenvalue weighted by Gasteiger charge is 2.20. The molecule has 0 radical (unpaired) electrons. The fourth-order valence-corrected chi connectivity index (χ4v) is 3.09. The number of para-hydroxylation sites is 1. The van der Waals surface area contributed by atoms with E-state index in [0.717, 1.165) is 34.4 Å². The smallest absolute Gasteiger partial charge is 0.291 e. The maximum Gasteiger partial charge on any atom is 0.291 e. The molecule has 0 unspecified atom stereocenters. The summed E-state index contributed by atoms with van der Waals surface area (Å²) in [5.41, 5.74) is 3.15. The Morgan fingerprint density at radius 2 is 2.13 bits per heavy atom. The molecular weight excluding hydrogens is 314 g/mol. The van der Waals surface area contributed by atoms with Crippen LogP contribution in [0.4, 0.5) is 5.69 Å². The maximum absolute atomic E-state index is 12.5. The number of halogens is 1. The van der Waals surface area contributed by atoms with Crippen LogP contribution in [0.3, 0.4) is 0 Å². The summed E-state index contributed by atoms with van der Waals surface area (Å²) in [6, 6.07) is 11.1. The summed E-state index contributed by atoms with van der Waals surface area (Å²) < 4.78 is 11.2. The van der Waals surface area contributed by atoms with Crippen LogP contribution in [0.1, 0.15) is 21.7 Å². The van der Waals surface area contributed by atoms with Crippen molar-refractivity contribution in [3.63, 3.8) is 0 Å². The molecule has 1 N–H and O–H groups in total. The molecule has 1 aromatic heterocycles. The Balaban J connectivity index is 1.67. The first-order valence-electron chi connectivity index (χ1n) is 7.38. The number of amides is 1. The van der Waals surface area contributed by atoms with Gasteiger partial charge in [0.1, 0.15) is 5.75 Å². The Hall–Kier alpha value is -2.46. The minimum atomic E-state index is -0.284. The number of fused-ring (bicyclic) bond motifs is 2. The normalized spacial score (nSPS) is 13.0. The van der Waals surface area contributed by atoms with Crippen LogP contribution in [0.15, 0.2) is 40.8 Å². The van der Waals surface area contributed by atoms with Gasteiger partial charge in [0.15, 0.2) is 11.3 Å². The molecular formula is C18H14ClNO3. The minimum Gasteiger partial charge on any atom is -0.493 e. The lowest BCUT2D eigenvalue weighted by Crippen LogP contribution is -2.12. The monoisotopic (exact) mass is 327 g/mol. The van der Waals surface area contributed by atoms with Gasteiger partial charge in [0, 0.05) is 23.1 Å². The maximum atomic E-state index is 12.5. The van der Waals surface area contributed by atoms with Crippen LogP contribution in [0, 0.1) is 6.92 Å². The zero-order valence-electron chi connectivity index (χ0n) is 12.5. The zero-order chi connectivity index (χ0) is 16.0. The molecule has 0 saturated carbocycles. The van der Waals surface area contributed by atoms with Crippen LogP contribution in [0.2, 0.25) is 5.02 Å². The Morgan fingerprint density at radius 3 is 2.96 bits per heavy atom. The van der Waals surface area contributed by atoms with Gasteiger partial charge in [-0.05, 0) is 36.8 Å². The highest BCUT2D eigenvalue weighted by atomic mass is 35.5. The van der Waals surface area contributed by atoms with Gasteiger partial charge in [-0.15, -0.1) is 0 Å². The molecule has 23 heavy (non-hydrogen) atoms. The van der Waals surface area contributed by atoms with E-state index in [9.17, 15) is 4.79 Å². The van der Waals surface area contributed by atoms with Gasteiger partial charge in [-0.2, -0.15) is 0 Å². The molecule has 0 aliphatic carbocycles. The van der Waals surface area contributed by atoms with Gasteiger partial charge in [0.05, 0.1) is 11.6 Å². The summed E-state index contributed by atoms with van der Waals surface area (Å²) in [6.45, 7) is 2.54. The summed E-state index contributed by atoms with van der Waals surface area (Å²) in [5, 5.41) is 4.23. The lowest BCUT2D eigenvalue weighted by molar-refractivity contribution is 0.0998. The van der Waals surface area contributed by atoms with Crippen LogP contribution in [0.25, 0.3) is 11.0 Å². The van der Waals surface area contributed by atoms with Crippen molar-refractivity contribution in [3.05, 3.63) is 58.3 Å². The average molecular weight is 328 g/mol. The first-order valence-corrected chi connectivity index (χ1v) is 7.76. The van der Waals surface area contributed by atoms with Crippen LogP contribution < -0.4 is 10.1 Å². The first-order chi connectivity index (χ1) is 11.1. The third-order valence-electron chi connectivity index (χ3n) is 4.07. The highest BCUT2D eigenvalue weighted by Crippen LogP contribution is 2.32. The molecule has 0 bridgehead atoms. The number of ether oxygens (including phenoxy) is 1. The largest absolute Gasteiger partial charge is 0.493 e. The summed E-state index contributed by atoms with van der Waals surface area (Å²) in [7, 11) is 0. The van der Waals surface area contributed by atoms with Gasteiger partial charge in [0.2, 0.25) is 0 Å². The highest BCUT2D eigenvalue weighted by molar-refractivity contribution is 6.35. The molecule has 2 heterocycles. The Labute approximate surface area is 138 Å². The summed E-state index contributed by atoms with van der Waals surface area (Å²) in [6.07, 6.45) is 0.859. The average Bonchev–Trinajstić information content (AvgIpc) is 3.13. The van der Waals surface area contributed by atoms with E-state index < -0.39 is 0 Å². The predicted molar refractivity (Wildman–Crippen MR) is 89.6 cm³/mol. The molecule has 0 atom stereocenters. The number of aryl methyl sites for hydroxylation is 1. The van der Waals surface area contributed by atoms with E-state index in [-0.39, 0.29) is 11.7 Å². The van der Waals surface area contributed by atoms with Crippen molar-refractivity contribution in [1.82, 2.24) is 0 Å². The molecule has 1 aliphatic rings. The molecule has 0 saturated heterocycles. The second kappa shape index (κ2) is 5.32. The molecule has 4 nitrogen and oxygen atoms in total. The second-order valence-electron chi connectivity index (χ2n) is 5.55. The van der Waals surface area contributed by atoms with Gasteiger partial charge in [-0.25, -0.2) is 0 Å². The fourth-order valence-electron chi connectivity index (χ4n) is 2.88. The number of furan rings is 1. The molecule has 5 heteroatoms. The second-order valence-corrected chi connectivity index (χ2v) is 5.95. The van der Waals surface area contributed by atoms with Crippen molar-refractivity contribution in [2.75, 3.05) is 11.9 Å². The molecule has 0 fully saturated rings. The fraction of sp³-hybridized carbons (Fsp3) is 0.167. The van der Waals surface area contributed by atoms with Gasteiger partial charge >= 0.3 is 0 Å². The molecule has 4 rings (SSSR count). The van der Waals surface area contributed by atoms with Crippen molar-refractivity contribution in [3.8, 4) is 5.75 Å². The SMILES string of the molecule is Cc1c(C(=O)Nc2ccc3c(c2)CCO3)oc2c(Cl)cccc12. The van der Waals surface area contributed by atoms with E-state index in [1.165, 1.54) is 0 Å². The lowest BCUT2D eigenvalue weighted by atomic mass is 10.1. The van der Waals surface area contributed by atoms with Crippen LogP contribution >= 0.6 is 11.6 Å². The number of carbonyl (C=O) groups is 1. The minimum absolute atomic E-state index is 0.282. The van der Waals surface area contributed by atoms with E-state index in [0.29, 0.717) is 17.2 Å². The zero-order valence-corrected chi connectivity index (χ0v) is 13.2. The predicted octanol–water partition coefficient (Wildman–Crippen LogP) is 4.58. The van der Waals surface area contributed by atoms with Crippen molar-refractivity contribution < 1.29 is 13.9 Å². The lowest BCUT2D eigenvalue weighted by Gasteiger charge is -2.06. The topological polar surface area (TPSA) is 51.5 Å². The number of rotatable bonds is 2. The number of benzene rings is 2. The van der Waals surface area contributed by atoms with Gasteiger partial charge in [-0.3, -0.25) is 4.79 Å². The van der Waals surface area contributed by atoms with E-state index in [2.05, 4.69) is 5.32 Å². The van der Waals surface area contributed by atoms with Crippen molar-refractivity contribution in [2.45, 2.75) is 13.3 Å². The van der Waals surface area contributed by atoms with E-state index in [1.807, 2.05) is 37.3 Å². The first kappa shape index (κ1) is 14.2.